The van der Waals surface area contributed by atoms with Crippen LogP contribution in [0.3, 0.4) is 0 Å². The summed E-state index contributed by atoms with van der Waals surface area (Å²) in [5.74, 6) is 0.600. The standard InChI is InChI=1S/C28H25N3O6.2H2/c1-16-2-8-20(29-27(34)28(10-11-28)19-7-9-23-24(12-19)36-15-35-23)13-21(16)17-3-5-18(6-4-17)25(32)30-22-14-37-31-26(22)33;;/h2-9,12-13,22H,10-11,14-15H2,1H3,(H,29,34)(H,30,32)(H,31,33);2*1H/t22-;;/m1../s1. The number of rotatable bonds is 6. The van der Waals surface area contributed by atoms with E-state index in [4.69, 9.17) is 14.3 Å². The van der Waals surface area contributed by atoms with E-state index in [1.165, 1.54) is 0 Å². The molecule has 2 aliphatic heterocycles. The number of hydrogen-bond acceptors (Lipinski definition) is 6. The van der Waals surface area contributed by atoms with Crippen molar-refractivity contribution in [1.82, 2.24) is 10.8 Å². The van der Waals surface area contributed by atoms with Crippen molar-refractivity contribution in [1.29, 1.82) is 0 Å². The quantitative estimate of drug-likeness (QED) is 0.473. The van der Waals surface area contributed by atoms with Crippen molar-refractivity contribution in [2.45, 2.75) is 31.2 Å². The van der Waals surface area contributed by atoms with Crippen LogP contribution in [0.5, 0.6) is 11.5 Å². The number of carbonyl (C=O) groups is 3. The highest BCUT2D eigenvalue weighted by Gasteiger charge is 2.51. The third-order valence-electron chi connectivity index (χ3n) is 7.11. The van der Waals surface area contributed by atoms with Crippen molar-refractivity contribution >= 4 is 23.4 Å². The lowest BCUT2D eigenvalue weighted by Gasteiger charge is -2.17. The summed E-state index contributed by atoms with van der Waals surface area (Å²) in [4.78, 5) is 42.3. The molecule has 37 heavy (non-hydrogen) atoms. The Morgan fingerprint density at radius 3 is 2.51 bits per heavy atom. The van der Waals surface area contributed by atoms with E-state index < -0.39 is 11.5 Å². The predicted octanol–water partition coefficient (Wildman–Crippen LogP) is 3.71. The number of ether oxygens (including phenoxy) is 2. The fraction of sp³-hybridized carbons (Fsp3) is 0.250. The zero-order valence-corrected chi connectivity index (χ0v) is 20.1. The van der Waals surface area contributed by atoms with Crippen LogP contribution in [0.2, 0.25) is 0 Å². The lowest BCUT2D eigenvalue weighted by Crippen LogP contribution is -2.41. The SMILES string of the molecule is Cc1ccc(NC(=O)C2(c3ccc4c(c3)OCO4)CC2)cc1-c1ccc(C(=O)N[C@@H]2CONC2=O)cc1.[HH].[HH]. The van der Waals surface area contributed by atoms with E-state index in [-0.39, 0.29) is 34.0 Å². The van der Waals surface area contributed by atoms with Gasteiger partial charge in [-0.3, -0.25) is 19.2 Å². The van der Waals surface area contributed by atoms with Gasteiger partial charge in [-0.1, -0.05) is 24.3 Å². The van der Waals surface area contributed by atoms with Crippen LogP contribution in [0.15, 0.2) is 60.7 Å². The molecule has 1 saturated carbocycles. The van der Waals surface area contributed by atoms with Gasteiger partial charge in [0, 0.05) is 14.1 Å². The van der Waals surface area contributed by atoms with E-state index in [0.717, 1.165) is 35.1 Å². The van der Waals surface area contributed by atoms with E-state index in [9.17, 15) is 14.4 Å². The number of aryl methyl sites for hydroxylation is 1. The van der Waals surface area contributed by atoms with Gasteiger partial charge in [-0.25, -0.2) is 5.48 Å². The van der Waals surface area contributed by atoms with Crippen molar-refractivity contribution in [3.8, 4) is 22.6 Å². The van der Waals surface area contributed by atoms with Gasteiger partial charge in [-0.15, -0.1) is 0 Å². The molecule has 3 aromatic carbocycles. The molecule has 0 spiro atoms. The Morgan fingerprint density at radius 1 is 1.00 bits per heavy atom. The first-order chi connectivity index (χ1) is 17.9. The largest absolute Gasteiger partial charge is 0.454 e. The normalized spacial score (nSPS) is 18.7. The van der Waals surface area contributed by atoms with Crippen LogP contribution in [0, 0.1) is 6.92 Å². The summed E-state index contributed by atoms with van der Waals surface area (Å²) < 4.78 is 10.9. The van der Waals surface area contributed by atoms with Crippen molar-refractivity contribution in [2.24, 2.45) is 0 Å². The van der Waals surface area contributed by atoms with Crippen molar-refractivity contribution < 1.29 is 31.5 Å². The van der Waals surface area contributed by atoms with Crippen LogP contribution < -0.4 is 25.6 Å². The van der Waals surface area contributed by atoms with Crippen LogP contribution in [0.25, 0.3) is 11.1 Å². The molecule has 3 N–H and O–H groups in total. The number of hydroxylamine groups is 1. The fourth-order valence-electron chi connectivity index (χ4n) is 4.72. The molecule has 0 aromatic heterocycles. The van der Waals surface area contributed by atoms with E-state index in [0.29, 0.717) is 22.7 Å². The van der Waals surface area contributed by atoms with Crippen molar-refractivity contribution in [2.75, 3.05) is 18.7 Å². The average molecular weight is 504 g/mol. The second kappa shape index (κ2) is 8.94. The molecule has 9 heteroatoms. The summed E-state index contributed by atoms with van der Waals surface area (Å²) >= 11 is 0. The summed E-state index contributed by atoms with van der Waals surface area (Å²) in [6.45, 7) is 2.29. The lowest BCUT2D eigenvalue weighted by atomic mass is 9.94. The molecule has 1 saturated heterocycles. The minimum absolute atomic E-state index is 0. The molecule has 6 rings (SSSR count). The maximum atomic E-state index is 13.3. The molecule has 2 fully saturated rings. The van der Waals surface area contributed by atoms with Gasteiger partial charge < -0.3 is 20.1 Å². The molecule has 0 radical (unpaired) electrons. The van der Waals surface area contributed by atoms with Gasteiger partial charge in [0.2, 0.25) is 12.7 Å². The summed E-state index contributed by atoms with van der Waals surface area (Å²) in [7, 11) is 0. The van der Waals surface area contributed by atoms with Crippen LogP contribution in [-0.2, 0) is 19.8 Å². The maximum Gasteiger partial charge on any atom is 0.268 e. The Kier molecular flexibility index (Phi) is 5.57. The van der Waals surface area contributed by atoms with Gasteiger partial charge in [-0.05, 0) is 78.4 Å². The Morgan fingerprint density at radius 2 is 1.78 bits per heavy atom. The highest BCUT2D eigenvalue weighted by Crippen LogP contribution is 2.51. The minimum atomic E-state index is -0.706. The number of hydrogen-bond donors (Lipinski definition) is 3. The lowest BCUT2D eigenvalue weighted by molar-refractivity contribution is -0.125. The van der Waals surface area contributed by atoms with E-state index >= 15 is 0 Å². The molecule has 3 aliphatic rings. The third-order valence-corrected chi connectivity index (χ3v) is 7.11. The highest BCUT2D eigenvalue weighted by molar-refractivity contribution is 6.02. The van der Waals surface area contributed by atoms with E-state index in [1.807, 2.05) is 55.5 Å². The molecule has 2 heterocycles. The van der Waals surface area contributed by atoms with Crippen LogP contribution in [0.4, 0.5) is 5.69 Å². The Bertz CT molecular complexity index is 1430. The average Bonchev–Trinajstić information content (AvgIpc) is 3.43. The second-order valence-corrected chi connectivity index (χ2v) is 9.51. The summed E-state index contributed by atoms with van der Waals surface area (Å²) in [6, 6.07) is 17.9. The van der Waals surface area contributed by atoms with Crippen molar-refractivity contribution in [3.63, 3.8) is 0 Å². The first kappa shape index (κ1) is 23.1. The Labute approximate surface area is 216 Å². The number of carbonyl (C=O) groups excluding carboxylic acids is 3. The number of fused-ring (bicyclic) bond motifs is 1. The second-order valence-electron chi connectivity index (χ2n) is 9.51. The van der Waals surface area contributed by atoms with Crippen molar-refractivity contribution in [3.05, 3.63) is 77.4 Å². The van der Waals surface area contributed by atoms with Crippen LogP contribution >= 0.6 is 0 Å². The number of amides is 3. The van der Waals surface area contributed by atoms with Gasteiger partial charge >= 0.3 is 0 Å². The van der Waals surface area contributed by atoms with Gasteiger partial charge in [0.25, 0.3) is 11.8 Å². The molecule has 1 aliphatic carbocycles. The molecule has 9 nitrogen and oxygen atoms in total. The summed E-state index contributed by atoms with van der Waals surface area (Å²) in [5, 5.41) is 5.75. The number of benzene rings is 3. The van der Waals surface area contributed by atoms with Gasteiger partial charge in [0.05, 0.1) is 5.41 Å². The van der Waals surface area contributed by atoms with E-state index in [2.05, 4.69) is 16.1 Å². The molecule has 0 bridgehead atoms. The topological polar surface area (TPSA) is 115 Å². The molecular formula is C28H29N3O6. The van der Waals surface area contributed by atoms with Crippen LogP contribution in [0.1, 0.15) is 37.2 Å². The molecule has 0 unspecified atom stereocenters. The smallest absolute Gasteiger partial charge is 0.268 e. The Balaban J connectivity index is 0.00000176. The minimum Gasteiger partial charge on any atom is -0.454 e. The first-order valence-electron chi connectivity index (χ1n) is 12.1. The maximum absolute atomic E-state index is 13.3. The Hall–Kier alpha value is -4.37. The van der Waals surface area contributed by atoms with Gasteiger partial charge in [0.1, 0.15) is 12.6 Å². The summed E-state index contributed by atoms with van der Waals surface area (Å²) in [5.41, 5.74) is 6.60. The summed E-state index contributed by atoms with van der Waals surface area (Å²) in [6.07, 6.45) is 1.55. The van der Waals surface area contributed by atoms with Gasteiger partial charge in [-0.2, -0.15) is 0 Å². The highest BCUT2D eigenvalue weighted by atomic mass is 16.7. The predicted molar refractivity (Wildman–Crippen MR) is 138 cm³/mol. The third kappa shape index (κ3) is 4.27. The molecule has 192 valence electrons. The van der Waals surface area contributed by atoms with E-state index in [1.54, 1.807) is 12.1 Å². The fourth-order valence-corrected chi connectivity index (χ4v) is 4.72. The molecule has 3 amide bonds. The molecular weight excluding hydrogens is 474 g/mol. The first-order valence-corrected chi connectivity index (χ1v) is 12.1. The zero-order valence-electron chi connectivity index (χ0n) is 20.1. The number of nitrogens with one attached hydrogen (secondary N) is 3. The molecule has 1 atom stereocenters. The molecule has 3 aromatic rings. The van der Waals surface area contributed by atoms with Gasteiger partial charge in [0.15, 0.2) is 11.5 Å². The monoisotopic (exact) mass is 503 g/mol. The zero-order chi connectivity index (χ0) is 25.6. The number of anilines is 1. The van der Waals surface area contributed by atoms with Crippen LogP contribution in [-0.4, -0.2) is 37.2 Å².